The van der Waals surface area contributed by atoms with Crippen LogP contribution >= 0.6 is 0 Å². The van der Waals surface area contributed by atoms with Gasteiger partial charge in [-0.2, -0.15) is 0 Å². The minimum Gasteiger partial charge on any atom is -0.394 e. The molecule has 1 unspecified atom stereocenters. The second kappa shape index (κ2) is 3.25. The summed E-state index contributed by atoms with van der Waals surface area (Å²) in [5.41, 5.74) is 0. The Balaban J connectivity index is 3.47. The van der Waals surface area contributed by atoms with Crippen molar-refractivity contribution in [3.63, 3.8) is 0 Å². The van der Waals surface area contributed by atoms with Gasteiger partial charge in [0.2, 0.25) is 0 Å². The normalized spacial score (nSPS) is 15.7. The highest BCUT2D eigenvalue weighted by Crippen LogP contribution is 2.00. The van der Waals surface area contributed by atoms with Gasteiger partial charge in [-0.3, -0.25) is 0 Å². The molecule has 1 atom stereocenters. The van der Waals surface area contributed by atoms with Crippen LogP contribution in [0.2, 0.25) is 6.04 Å². The summed E-state index contributed by atoms with van der Waals surface area (Å²) in [4.78, 5) is 24.9. The van der Waals surface area contributed by atoms with Crippen molar-refractivity contribution >= 4 is 8.80 Å². The molecule has 6 heteroatoms. The number of hydrogen-bond donors (Lipinski definition) is 5. The van der Waals surface area contributed by atoms with Crippen molar-refractivity contribution in [2.24, 2.45) is 0 Å². The second-order valence-electron chi connectivity index (χ2n) is 1.81. The molecule has 0 aromatic carbocycles. The number of aliphatic hydroxyl groups excluding tert-OH is 2. The summed E-state index contributed by atoms with van der Waals surface area (Å²) in [5, 5.41) is 16.6. The fraction of sp³-hybridized carbons (Fsp3) is 1.00. The molecule has 0 aliphatic heterocycles. The van der Waals surface area contributed by atoms with E-state index < -0.39 is 27.6 Å². The first-order valence-electron chi connectivity index (χ1n) is 2.42. The van der Waals surface area contributed by atoms with Crippen LogP contribution in [0, 0.1) is 0 Å². The zero-order valence-corrected chi connectivity index (χ0v) is 5.73. The average molecular weight is 154 g/mol. The molecular formula is C3H10O5Si. The van der Waals surface area contributed by atoms with Crippen LogP contribution in [-0.2, 0) is 0 Å². The van der Waals surface area contributed by atoms with Crippen LogP contribution in [0.5, 0.6) is 0 Å². The smallest absolute Gasteiger partial charge is 0.394 e. The zero-order chi connectivity index (χ0) is 7.49. The fourth-order valence-corrected chi connectivity index (χ4v) is 1.14. The summed E-state index contributed by atoms with van der Waals surface area (Å²) in [6.07, 6.45) is -1.24. The summed E-state index contributed by atoms with van der Waals surface area (Å²) in [7, 11) is -4.15. The van der Waals surface area contributed by atoms with Crippen LogP contribution in [-0.4, -0.2) is 46.1 Å². The lowest BCUT2D eigenvalue weighted by molar-refractivity contribution is 0.0911. The molecule has 0 fully saturated rings. The predicted molar refractivity (Wildman–Crippen MR) is 30.3 cm³/mol. The van der Waals surface area contributed by atoms with E-state index in [2.05, 4.69) is 0 Å². The summed E-state index contributed by atoms with van der Waals surface area (Å²) in [6, 6.07) is -0.538. The van der Waals surface area contributed by atoms with Gasteiger partial charge in [-0.25, -0.2) is 0 Å². The van der Waals surface area contributed by atoms with E-state index in [0.29, 0.717) is 0 Å². The molecule has 0 aliphatic carbocycles. The molecule has 0 aliphatic rings. The van der Waals surface area contributed by atoms with Crippen LogP contribution < -0.4 is 0 Å². The second-order valence-corrected chi connectivity index (χ2v) is 3.77. The molecule has 9 heavy (non-hydrogen) atoms. The van der Waals surface area contributed by atoms with E-state index in [4.69, 9.17) is 24.6 Å². The SMILES string of the molecule is OCC(O)C[Si](O)(O)O. The number of hydrogen-bond acceptors (Lipinski definition) is 5. The molecule has 5 N–H and O–H groups in total. The first-order chi connectivity index (χ1) is 3.95. The van der Waals surface area contributed by atoms with E-state index in [1.165, 1.54) is 0 Å². The highest BCUT2D eigenvalue weighted by atomic mass is 28.4. The predicted octanol–water partition coefficient (Wildman–Crippen LogP) is -2.74. The molecule has 0 heterocycles. The maximum absolute atomic E-state index is 8.50. The summed E-state index contributed by atoms with van der Waals surface area (Å²) in [6.45, 7) is -0.573. The average Bonchev–Trinajstić information content (AvgIpc) is 1.62. The molecule has 0 saturated heterocycles. The lowest BCUT2D eigenvalue weighted by atomic mass is 10.4. The van der Waals surface area contributed by atoms with Crippen molar-refractivity contribution in [2.75, 3.05) is 6.61 Å². The van der Waals surface area contributed by atoms with Gasteiger partial charge in [0, 0.05) is 6.04 Å². The number of aliphatic hydroxyl groups is 2. The maximum Gasteiger partial charge on any atom is 0.495 e. The topological polar surface area (TPSA) is 101 Å². The summed E-state index contributed by atoms with van der Waals surface area (Å²) >= 11 is 0. The van der Waals surface area contributed by atoms with Gasteiger partial charge in [-0.1, -0.05) is 0 Å². The Morgan fingerprint density at radius 3 is 1.78 bits per heavy atom. The van der Waals surface area contributed by atoms with Gasteiger partial charge in [0.15, 0.2) is 0 Å². The first kappa shape index (κ1) is 9.02. The van der Waals surface area contributed by atoms with Crippen molar-refractivity contribution in [1.29, 1.82) is 0 Å². The Morgan fingerprint density at radius 2 is 1.67 bits per heavy atom. The van der Waals surface area contributed by atoms with E-state index in [9.17, 15) is 0 Å². The Morgan fingerprint density at radius 1 is 1.22 bits per heavy atom. The van der Waals surface area contributed by atoms with Crippen LogP contribution in [0.15, 0.2) is 0 Å². The van der Waals surface area contributed by atoms with Crippen LogP contribution in [0.3, 0.4) is 0 Å². The highest BCUT2D eigenvalue weighted by molar-refractivity contribution is 6.56. The van der Waals surface area contributed by atoms with Crippen molar-refractivity contribution in [1.82, 2.24) is 0 Å². The van der Waals surface area contributed by atoms with E-state index in [1.54, 1.807) is 0 Å². The molecule has 0 radical (unpaired) electrons. The van der Waals surface area contributed by atoms with Crippen molar-refractivity contribution in [3.8, 4) is 0 Å². The Bertz CT molecular complexity index is 78.8. The van der Waals surface area contributed by atoms with E-state index in [1.807, 2.05) is 0 Å². The number of rotatable bonds is 3. The van der Waals surface area contributed by atoms with E-state index in [0.717, 1.165) is 0 Å². The lowest BCUT2D eigenvalue weighted by Gasteiger charge is -2.11. The monoisotopic (exact) mass is 154 g/mol. The van der Waals surface area contributed by atoms with Gasteiger partial charge < -0.3 is 24.6 Å². The summed E-state index contributed by atoms with van der Waals surface area (Å²) in [5.74, 6) is 0. The van der Waals surface area contributed by atoms with E-state index in [-0.39, 0.29) is 0 Å². The van der Waals surface area contributed by atoms with Gasteiger partial charge in [0.1, 0.15) is 0 Å². The molecule has 0 saturated carbocycles. The van der Waals surface area contributed by atoms with Crippen molar-refractivity contribution < 1.29 is 24.6 Å². The largest absolute Gasteiger partial charge is 0.495 e. The van der Waals surface area contributed by atoms with Crippen LogP contribution in [0.4, 0.5) is 0 Å². The molecule has 0 aromatic heterocycles. The third kappa shape index (κ3) is 5.89. The zero-order valence-electron chi connectivity index (χ0n) is 4.73. The Labute approximate surface area is 53.2 Å². The van der Waals surface area contributed by atoms with E-state index >= 15 is 0 Å². The van der Waals surface area contributed by atoms with Gasteiger partial charge in [-0.05, 0) is 0 Å². The maximum atomic E-state index is 8.50. The van der Waals surface area contributed by atoms with Crippen molar-refractivity contribution in [2.45, 2.75) is 12.1 Å². The van der Waals surface area contributed by atoms with Gasteiger partial charge in [0.25, 0.3) is 0 Å². The minimum atomic E-state index is -4.15. The molecule has 0 aromatic rings. The first-order valence-corrected chi connectivity index (χ1v) is 4.46. The Kier molecular flexibility index (Phi) is 3.26. The molecule has 0 bridgehead atoms. The lowest BCUT2D eigenvalue weighted by Crippen LogP contribution is -2.39. The van der Waals surface area contributed by atoms with Gasteiger partial charge in [-0.15, -0.1) is 0 Å². The molecule has 0 spiro atoms. The highest BCUT2D eigenvalue weighted by Gasteiger charge is 2.30. The van der Waals surface area contributed by atoms with Crippen LogP contribution in [0.1, 0.15) is 0 Å². The summed E-state index contributed by atoms with van der Waals surface area (Å²) < 4.78 is 0. The quantitative estimate of drug-likeness (QED) is 0.284. The van der Waals surface area contributed by atoms with Gasteiger partial charge in [0.05, 0.1) is 12.7 Å². The fourth-order valence-electron chi connectivity index (χ4n) is 0.381. The standard InChI is InChI=1S/C3H10O5Si/c4-1-3(5)2-9(6,7)8/h3-8H,1-2H2. The molecule has 5 nitrogen and oxygen atoms in total. The minimum absolute atomic E-state index is 0.538. The van der Waals surface area contributed by atoms with Crippen LogP contribution in [0.25, 0.3) is 0 Å². The molecular weight excluding hydrogens is 144 g/mol. The third-order valence-corrected chi connectivity index (χ3v) is 1.74. The molecule has 0 amide bonds. The third-order valence-electron chi connectivity index (χ3n) is 0.720. The Hall–Kier alpha value is 0.0169. The molecule has 0 rings (SSSR count). The van der Waals surface area contributed by atoms with Crippen molar-refractivity contribution in [3.05, 3.63) is 0 Å². The molecule has 56 valence electrons. The van der Waals surface area contributed by atoms with Gasteiger partial charge >= 0.3 is 8.80 Å².